The fraction of sp³-hybridized carbons (Fsp3) is 0.900. The van der Waals surface area contributed by atoms with Gasteiger partial charge in [0.2, 0.25) is 0 Å². The molecule has 0 aromatic heterocycles. The number of hydrogen-bond acceptors (Lipinski definition) is 4. The molecule has 1 aliphatic rings. The first-order chi connectivity index (χ1) is 6.88. The lowest BCUT2D eigenvalue weighted by molar-refractivity contribution is -0.138. The Morgan fingerprint density at radius 3 is 2.80 bits per heavy atom. The lowest BCUT2D eigenvalue weighted by atomic mass is 10.1. The summed E-state index contributed by atoms with van der Waals surface area (Å²) >= 11 is 1.79. The molecule has 1 aliphatic heterocycles. The topological polar surface area (TPSA) is 60.8 Å². The van der Waals surface area contributed by atoms with Crippen molar-refractivity contribution in [2.45, 2.75) is 31.9 Å². The Balaban J connectivity index is 2.53. The molecule has 0 aliphatic carbocycles. The summed E-state index contributed by atoms with van der Waals surface area (Å²) < 4.78 is 0. The number of carboxylic acid groups (broad SMARTS) is 1. The predicted molar refractivity (Wildman–Crippen MR) is 61.2 cm³/mol. The Hall–Kier alpha value is -0.260. The van der Waals surface area contributed by atoms with E-state index in [1.165, 1.54) is 0 Å². The van der Waals surface area contributed by atoms with Gasteiger partial charge in [0.1, 0.15) is 0 Å². The predicted octanol–water partition coefficient (Wildman–Crippen LogP) is 0.649. The second kappa shape index (κ2) is 5.18. The molecule has 0 radical (unpaired) electrons. The van der Waals surface area contributed by atoms with Gasteiger partial charge in [-0.1, -0.05) is 0 Å². The van der Waals surface area contributed by atoms with Crippen LogP contribution in [0.4, 0.5) is 0 Å². The first-order valence-corrected chi connectivity index (χ1v) is 6.30. The Morgan fingerprint density at radius 1 is 1.60 bits per heavy atom. The Bertz CT molecular complexity index is 227. The molecule has 2 N–H and O–H groups in total. The largest absolute Gasteiger partial charge is 0.481 e. The highest BCUT2D eigenvalue weighted by molar-refractivity contribution is 7.99. The Labute approximate surface area is 94.7 Å². The van der Waals surface area contributed by atoms with Gasteiger partial charge in [0.05, 0.1) is 12.0 Å². The fourth-order valence-corrected chi connectivity index (χ4v) is 2.91. The number of carbonyl (C=O) groups is 1. The zero-order valence-corrected chi connectivity index (χ0v) is 10.1. The third-order valence-corrected chi connectivity index (χ3v) is 3.44. The van der Waals surface area contributed by atoms with Crippen molar-refractivity contribution in [1.82, 2.24) is 4.90 Å². The second-order valence-electron chi connectivity index (χ2n) is 4.61. The first kappa shape index (κ1) is 12.8. The van der Waals surface area contributed by atoms with Crippen molar-refractivity contribution in [2.75, 3.05) is 24.6 Å². The molecule has 0 aromatic rings. The van der Waals surface area contributed by atoms with Crippen molar-refractivity contribution >= 4 is 17.7 Å². The molecule has 1 unspecified atom stereocenters. The van der Waals surface area contributed by atoms with Gasteiger partial charge in [0.25, 0.3) is 0 Å². The quantitative estimate of drug-likeness (QED) is 0.746. The van der Waals surface area contributed by atoms with Crippen molar-refractivity contribution in [3.63, 3.8) is 0 Å². The molecule has 0 amide bonds. The molecule has 5 heteroatoms. The van der Waals surface area contributed by atoms with Crippen LogP contribution >= 0.6 is 11.8 Å². The molecule has 1 atom stereocenters. The van der Waals surface area contributed by atoms with Crippen LogP contribution in [-0.2, 0) is 4.79 Å². The zero-order chi connectivity index (χ0) is 11.5. The third-order valence-electron chi connectivity index (χ3n) is 2.35. The highest BCUT2D eigenvalue weighted by atomic mass is 32.2. The second-order valence-corrected chi connectivity index (χ2v) is 5.76. The van der Waals surface area contributed by atoms with Gasteiger partial charge in [0.15, 0.2) is 0 Å². The van der Waals surface area contributed by atoms with Crippen molar-refractivity contribution in [3.05, 3.63) is 0 Å². The molecule has 1 fully saturated rings. The van der Waals surface area contributed by atoms with Gasteiger partial charge in [-0.05, 0) is 13.8 Å². The van der Waals surface area contributed by atoms with E-state index >= 15 is 0 Å². The minimum Gasteiger partial charge on any atom is -0.481 e. The molecule has 0 spiro atoms. The molecule has 0 aromatic carbocycles. The number of hydrogen-bond donors (Lipinski definition) is 2. The van der Waals surface area contributed by atoms with Crippen LogP contribution in [0.1, 0.15) is 20.3 Å². The van der Waals surface area contributed by atoms with Crippen molar-refractivity contribution in [1.29, 1.82) is 0 Å². The van der Waals surface area contributed by atoms with E-state index in [1.807, 2.05) is 0 Å². The number of β-amino-alcohol motifs (C(OH)–C–C–N with tert-alkyl or cyclic N) is 1. The van der Waals surface area contributed by atoms with Gasteiger partial charge in [0, 0.05) is 30.6 Å². The van der Waals surface area contributed by atoms with Crippen LogP contribution in [0.25, 0.3) is 0 Å². The zero-order valence-electron chi connectivity index (χ0n) is 9.27. The summed E-state index contributed by atoms with van der Waals surface area (Å²) in [6.07, 6.45) is 0.170. The number of thioether (sulfide) groups is 1. The normalized spacial score (nSPS) is 24.1. The summed E-state index contributed by atoms with van der Waals surface area (Å²) in [5.41, 5.74) is -0.751. The SMILES string of the molecule is CC(C)(O)CN1CCSCC1CC(=O)O. The highest BCUT2D eigenvalue weighted by Crippen LogP contribution is 2.21. The molecule has 4 nitrogen and oxygen atoms in total. The van der Waals surface area contributed by atoms with Gasteiger partial charge >= 0.3 is 5.97 Å². The lowest BCUT2D eigenvalue weighted by Crippen LogP contribution is -2.49. The van der Waals surface area contributed by atoms with Gasteiger partial charge in [-0.3, -0.25) is 9.69 Å². The van der Waals surface area contributed by atoms with E-state index in [0.29, 0.717) is 6.54 Å². The van der Waals surface area contributed by atoms with Gasteiger partial charge < -0.3 is 10.2 Å². The lowest BCUT2D eigenvalue weighted by Gasteiger charge is -2.37. The number of aliphatic hydroxyl groups is 1. The van der Waals surface area contributed by atoms with Crippen LogP contribution in [0, 0.1) is 0 Å². The minimum atomic E-state index is -0.761. The average molecular weight is 233 g/mol. The van der Waals surface area contributed by atoms with Crippen LogP contribution in [-0.4, -0.2) is 57.3 Å². The molecular formula is C10H19NO3S. The van der Waals surface area contributed by atoms with Gasteiger partial charge in [-0.25, -0.2) is 0 Å². The molecule has 1 rings (SSSR count). The fourth-order valence-electron chi connectivity index (χ4n) is 1.78. The van der Waals surface area contributed by atoms with Crippen LogP contribution in [0.5, 0.6) is 0 Å². The monoisotopic (exact) mass is 233 g/mol. The summed E-state index contributed by atoms with van der Waals surface area (Å²) in [5, 5.41) is 18.5. The number of aliphatic carboxylic acids is 1. The third kappa shape index (κ3) is 4.86. The first-order valence-electron chi connectivity index (χ1n) is 5.14. The van der Waals surface area contributed by atoms with Crippen LogP contribution in [0.2, 0.25) is 0 Å². The summed E-state index contributed by atoms with van der Waals surface area (Å²) in [6.45, 7) is 4.93. The van der Waals surface area contributed by atoms with E-state index in [1.54, 1.807) is 25.6 Å². The van der Waals surface area contributed by atoms with E-state index in [-0.39, 0.29) is 12.5 Å². The van der Waals surface area contributed by atoms with E-state index in [0.717, 1.165) is 18.1 Å². The van der Waals surface area contributed by atoms with Crippen molar-refractivity contribution in [3.8, 4) is 0 Å². The highest BCUT2D eigenvalue weighted by Gasteiger charge is 2.28. The van der Waals surface area contributed by atoms with Crippen LogP contribution in [0.15, 0.2) is 0 Å². The smallest absolute Gasteiger partial charge is 0.304 e. The number of rotatable bonds is 4. The molecule has 1 heterocycles. The maximum Gasteiger partial charge on any atom is 0.304 e. The van der Waals surface area contributed by atoms with Crippen molar-refractivity contribution in [2.24, 2.45) is 0 Å². The van der Waals surface area contributed by atoms with E-state index in [2.05, 4.69) is 4.90 Å². The standard InChI is InChI=1S/C10H19NO3S/c1-10(2,14)7-11-3-4-15-6-8(11)5-9(12)13/h8,14H,3-7H2,1-2H3,(H,12,13). The number of carboxylic acids is 1. The van der Waals surface area contributed by atoms with Crippen LogP contribution in [0.3, 0.4) is 0 Å². The average Bonchev–Trinajstić information content (AvgIpc) is 2.05. The summed E-state index contributed by atoms with van der Waals surface area (Å²) in [5.74, 6) is 1.11. The van der Waals surface area contributed by atoms with Crippen LogP contribution < -0.4 is 0 Å². The maximum absolute atomic E-state index is 10.7. The van der Waals surface area contributed by atoms with E-state index < -0.39 is 11.6 Å². The summed E-state index contributed by atoms with van der Waals surface area (Å²) in [4.78, 5) is 12.8. The van der Waals surface area contributed by atoms with E-state index in [9.17, 15) is 9.90 Å². The maximum atomic E-state index is 10.7. The molecule has 88 valence electrons. The molecule has 15 heavy (non-hydrogen) atoms. The summed E-state index contributed by atoms with van der Waals surface area (Å²) in [6, 6.07) is 0.0627. The van der Waals surface area contributed by atoms with Gasteiger partial charge in [-0.15, -0.1) is 0 Å². The van der Waals surface area contributed by atoms with Crippen molar-refractivity contribution < 1.29 is 15.0 Å². The van der Waals surface area contributed by atoms with Gasteiger partial charge in [-0.2, -0.15) is 11.8 Å². The Morgan fingerprint density at radius 2 is 2.27 bits per heavy atom. The molecule has 0 bridgehead atoms. The minimum absolute atomic E-state index is 0.0627. The number of nitrogens with zero attached hydrogens (tertiary/aromatic N) is 1. The molecule has 1 saturated heterocycles. The molecule has 0 saturated carbocycles. The molecular weight excluding hydrogens is 214 g/mol. The Kier molecular flexibility index (Phi) is 4.43. The van der Waals surface area contributed by atoms with E-state index in [4.69, 9.17) is 5.11 Å². The summed E-state index contributed by atoms with van der Waals surface area (Å²) in [7, 11) is 0.